The predicted octanol–water partition coefficient (Wildman–Crippen LogP) is 1.47. The minimum absolute atomic E-state index is 0.196. The fourth-order valence-corrected chi connectivity index (χ4v) is 1.80. The monoisotopic (exact) mass is 280 g/mol. The van der Waals surface area contributed by atoms with E-state index >= 15 is 0 Å². The van der Waals surface area contributed by atoms with Crippen molar-refractivity contribution in [1.82, 2.24) is 19.5 Å². The van der Waals surface area contributed by atoms with E-state index in [1.165, 1.54) is 0 Å². The summed E-state index contributed by atoms with van der Waals surface area (Å²) in [4.78, 5) is 18.1. The second kappa shape index (κ2) is 5.62. The van der Waals surface area contributed by atoms with Crippen LogP contribution in [0.15, 0.2) is 4.42 Å². The summed E-state index contributed by atoms with van der Waals surface area (Å²) in [6.07, 6.45) is 0. The third kappa shape index (κ3) is 2.53. The molecule has 0 spiro atoms. The van der Waals surface area contributed by atoms with Gasteiger partial charge in [-0.3, -0.25) is 4.79 Å². The van der Waals surface area contributed by atoms with Crippen molar-refractivity contribution in [2.24, 2.45) is 0 Å². The molecule has 2 aromatic heterocycles. The zero-order valence-corrected chi connectivity index (χ0v) is 12.5. The molecule has 0 fully saturated rings. The Bertz CT molecular complexity index is 614. The number of likely N-dealkylation sites (N-methyl/N-ethyl adjacent to an activating group) is 1. The molecule has 2 rings (SSSR count). The number of hydrogen-bond donors (Lipinski definition) is 0. The summed E-state index contributed by atoms with van der Waals surface area (Å²) in [5.41, 5.74) is 0.661. The predicted molar refractivity (Wildman–Crippen MR) is 72.9 cm³/mol. The first-order valence-corrected chi connectivity index (χ1v) is 6.56. The Labute approximate surface area is 117 Å². The maximum absolute atomic E-state index is 12.3. The van der Waals surface area contributed by atoms with Gasteiger partial charge >= 0.3 is 5.84 Å². The summed E-state index contributed by atoms with van der Waals surface area (Å²) in [5, 5.41) is 4.35. The highest BCUT2D eigenvalue weighted by Crippen LogP contribution is 2.18. The van der Waals surface area contributed by atoms with Gasteiger partial charge in [-0.15, -0.1) is 5.10 Å². The van der Waals surface area contributed by atoms with Crippen LogP contribution in [0.1, 0.15) is 41.8 Å². The van der Waals surface area contributed by atoms with Crippen molar-refractivity contribution in [3.63, 3.8) is 0 Å². The van der Waals surface area contributed by atoms with Gasteiger partial charge in [-0.25, -0.2) is 0 Å². The van der Waals surface area contributed by atoms with Crippen LogP contribution in [-0.2, 0) is 4.74 Å². The van der Waals surface area contributed by atoms with Crippen molar-refractivity contribution in [1.29, 1.82) is 0 Å². The van der Waals surface area contributed by atoms with Crippen molar-refractivity contribution in [2.75, 3.05) is 27.3 Å². The maximum atomic E-state index is 12.3. The van der Waals surface area contributed by atoms with Gasteiger partial charge in [0.25, 0.3) is 5.91 Å². The van der Waals surface area contributed by atoms with Crippen molar-refractivity contribution >= 4 is 11.8 Å². The zero-order valence-electron chi connectivity index (χ0n) is 12.5. The maximum Gasteiger partial charge on any atom is 0.325 e. The molecule has 0 aromatic carbocycles. The lowest BCUT2D eigenvalue weighted by Crippen LogP contribution is -2.30. The molecular formula is C13H20N4O3. The smallest absolute Gasteiger partial charge is 0.325 e. The van der Waals surface area contributed by atoms with E-state index in [0.717, 1.165) is 0 Å². The van der Waals surface area contributed by atoms with E-state index in [9.17, 15) is 4.79 Å². The molecule has 0 unspecified atom stereocenters. The molecular weight excluding hydrogens is 260 g/mol. The topological polar surface area (TPSA) is 72.9 Å². The second-order valence-electron chi connectivity index (χ2n) is 5.06. The number of hydrogen-bond acceptors (Lipinski definition) is 5. The van der Waals surface area contributed by atoms with Crippen molar-refractivity contribution < 1.29 is 13.9 Å². The van der Waals surface area contributed by atoms with Crippen LogP contribution in [0.5, 0.6) is 0 Å². The number of nitrogens with zero attached hydrogens (tertiary/aromatic N) is 4. The number of oxazole rings is 1. The number of fused-ring (bicyclic) bond motifs is 1. The summed E-state index contributed by atoms with van der Waals surface area (Å²) >= 11 is 0. The van der Waals surface area contributed by atoms with Gasteiger partial charge in [0.15, 0.2) is 5.82 Å². The number of rotatable bonds is 5. The van der Waals surface area contributed by atoms with Gasteiger partial charge < -0.3 is 14.1 Å². The van der Waals surface area contributed by atoms with Gasteiger partial charge in [-0.2, -0.15) is 9.50 Å². The van der Waals surface area contributed by atoms with Crippen LogP contribution < -0.4 is 0 Å². The Morgan fingerprint density at radius 3 is 2.75 bits per heavy atom. The van der Waals surface area contributed by atoms with Crippen LogP contribution in [0.4, 0.5) is 0 Å². The number of aromatic nitrogens is 3. The fraction of sp³-hybridized carbons (Fsp3) is 0.615. The number of carbonyl (C=O) groups is 1. The minimum Gasteiger partial charge on any atom is -0.416 e. The van der Waals surface area contributed by atoms with Gasteiger partial charge in [0, 0.05) is 26.6 Å². The molecule has 110 valence electrons. The van der Waals surface area contributed by atoms with Gasteiger partial charge in [-0.1, -0.05) is 13.8 Å². The Balaban J connectivity index is 2.29. The molecule has 7 heteroatoms. The van der Waals surface area contributed by atoms with E-state index in [-0.39, 0.29) is 17.6 Å². The molecule has 0 saturated carbocycles. The number of methoxy groups -OCH3 is 1. The molecule has 0 N–H and O–H groups in total. The third-order valence-corrected chi connectivity index (χ3v) is 3.12. The molecule has 20 heavy (non-hydrogen) atoms. The quantitative estimate of drug-likeness (QED) is 0.829. The van der Waals surface area contributed by atoms with E-state index in [1.54, 1.807) is 30.5 Å². The van der Waals surface area contributed by atoms with Gasteiger partial charge in [-0.05, 0) is 6.92 Å². The summed E-state index contributed by atoms with van der Waals surface area (Å²) in [6, 6.07) is 0. The van der Waals surface area contributed by atoms with Crippen LogP contribution in [0, 0.1) is 6.92 Å². The SMILES string of the molecule is COCCN(C)C(=O)c1oc2nc(C(C)C)nn2c1C. The number of aryl methyl sites for hydroxylation is 1. The van der Waals surface area contributed by atoms with E-state index in [4.69, 9.17) is 9.15 Å². The molecule has 1 amide bonds. The summed E-state index contributed by atoms with van der Waals surface area (Å²) in [5.74, 6) is 1.35. The highest BCUT2D eigenvalue weighted by atomic mass is 16.5. The Hall–Kier alpha value is -1.89. The first-order valence-electron chi connectivity index (χ1n) is 6.56. The van der Waals surface area contributed by atoms with E-state index in [1.807, 2.05) is 13.8 Å². The second-order valence-corrected chi connectivity index (χ2v) is 5.06. The first kappa shape index (κ1) is 14.5. The van der Waals surface area contributed by atoms with Gasteiger partial charge in [0.1, 0.15) is 0 Å². The lowest BCUT2D eigenvalue weighted by atomic mass is 10.2. The molecule has 0 saturated heterocycles. The number of amides is 1. The number of carbonyl (C=O) groups excluding carboxylic acids is 1. The Morgan fingerprint density at radius 2 is 2.20 bits per heavy atom. The molecule has 0 radical (unpaired) electrons. The van der Waals surface area contributed by atoms with E-state index in [2.05, 4.69) is 10.1 Å². The molecule has 0 aliphatic heterocycles. The Kier molecular flexibility index (Phi) is 4.08. The van der Waals surface area contributed by atoms with Gasteiger partial charge in [0.05, 0.1) is 12.3 Å². The third-order valence-electron chi connectivity index (χ3n) is 3.12. The lowest BCUT2D eigenvalue weighted by Gasteiger charge is -2.14. The molecule has 0 atom stereocenters. The first-order chi connectivity index (χ1) is 9.45. The lowest BCUT2D eigenvalue weighted by molar-refractivity contribution is 0.0714. The van der Waals surface area contributed by atoms with Crippen molar-refractivity contribution in [3.8, 4) is 0 Å². The molecule has 0 aliphatic rings. The minimum atomic E-state index is -0.196. The highest BCUT2D eigenvalue weighted by molar-refractivity contribution is 5.92. The van der Waals surface area contributed by atoms with Crippen LogP contribution in [-0.4, -0.2) is 52.7 Å². The normalized spacial score (nSPS) is 11.5. The van der Waals surface area contributed by atoms with Crippen LogP contribution in [0.2, 0.25) is 0 Å². The van der Waals surface area contributed by atoms with Crippen molar-refractivity contribution in [2.45, 2.75) is 26.7 Å². The van der Waals surface area contributed by atoms with Gasteiger partial charge in [0.2, 0.25) is 5.76 Å². The van der Waals surface area contributed by atoms with Crippen LogP contribution >= 0.6 is 0 Å². The highest BCUT2D eigenvalue weighted by Gasteiger charge is 2.23. The fourth-order valence-electron chi connectivity index (χ4n) is 1.80. The average Bonchev–Trinajstić information content (AvgIpc) is 2.95. The van der Waals surface area contributed by atoms with Crippen LogP contribution in [0.25, 0.3) is 5.84 Å². The summed E-state index contributed by atoms with van der Waals surface area (Å²) in [7, 11) is 3.31. The van der Waals surface area contributed by atoms with E-state index in [0.29, 0.717) is 30.5 Å². The molecule has 0 bridgehead atoms. The molecule has 7 nitrogen and oxygen atoms in total. The molecule has 2 heterocycles. The number of ether oxygens (including phenoxy) is 1. The van der Waals surface area contributed by atoms with E-state index < -0.39 is 0 Å². The molecule has 0 aliphatic carbocycles. The van der Waals surface area contributed by atoms with Crippen LogP contribution in [0.3, 0.4) is 0 Å². The summed E-state index contributed by atoms with van der Waals surface area (Å²) < 4.78 is 12.1. The largest absolute Gasteiger partial charge is 0.416 e. The van der Waals surface area contributed by atoms with Crippen molar-refractivity contribution in [3.05, 3.63) is 17.3 Å². The summed E-state index contributed by atoms with van der Waals surface area (Å²) in [6.45, 7) is 6.80. The standard InChI is InChI=1S/C13H20N4O3/c1-8(2)11-14-13-17(15-11)9(3)10(20-13)12(18)16(4)6-7-19-5/h8H,6-7H2,1-5H3. The Morgan fingerprint density at radius 1 is 1.50 bits per heavy atom. The average molecular weight is 280 g/mol. The zero-order chi connectivity index (χ0) is 14.9. The molecule has 2 aromatic rings.